The Morgan fingerprint density at radius 1 is 1.73 bits per heavy atom. The highest BCUT2D eigenvalue weighted by atomic mass is 16.5. The van der Waals surface area contributed by atoms with Gasteiger partial charge >= 0.3 is 0 Å². The van der Waals surface area contributed by atoms with Crippen LogP contribution in [0.3, 0.4) is 0 Å². The summed E-state index contributed by atoms with van der Waals surface area (Å²) < 4.78 is 5.25. The second kappa shape index (κ2) is 6.76. The standard InChI is InChI=1S/C10H20N2O3/c1-2-8(6-13)12-10(14)5-9-7-15-4-3-11-9/h8-9,11,13H,2-7H2,1H3,(H,12,14)/t8-,9?/m0/s1. The van der Waals surface area contributed by atoms with Crippen LogP contribution in [0.2, 0.25) is 0 Å². The number of morpholine rings is 1. The number of aliphatic hydroxyl groups excluding tert-OH is 1. The van der Waals surface area contributed by atoms with Crippen molar-refractivity contribution in [2.75, 3.05) is 26.4 Å². The van der Waals surface area contributed by atoms with E-state index in [-0.39, 0.29) is 24.6 Å². The van der Waals surface area contributed by atoms with Crippen molar-refractivity contribution in [2.45, 2.75) is 31.8 Å². The SMILES string of the molecule is CC[C@@H](CO)NC(=O)CC1COCCN1. The number of amides is 1. The molecule has 0 bridgehead atoms. The van der Waals surface area contributed by atoms with E-state index in [0.717, 1.165) is 13.0 Å². The summed E-state index contributed by atoms with van der Waals surface area (Å²) in [5, 5.41) is 14.9. The minimum Gasteiger partial charge on any atom is -0.394 e. The van der Waals surface area contributed by atoms with Gasteiger partial charge in [-0.25, -0.2) is 0 Å². The molecule has 0 aromatic carbocycles. The van der Waals surface area contributed by atoms with Gasteiger partial charge in [0.2, 0.25) is 5.91 Å². The minimum atomic E-state index is -0.123. The largest absolute Gasteiger partial charge is 0.394 e. The molecule has 1 amide bonds. The van der Waals surface area contributed by atoms with Gasteiger partial charge in [-0.2, -0.15) is 0 Å². The van der Waals surface area contributed by atoms with Crippen molar-refractivity contribution in [3.63, 3.8) is 0 Å². The van der Waals surface area contributed by atoms with Crippen molar-refractivity contribution < 1.29 is 14.6 Å². The summed E-state index contributed by atoms with van der Waals surface area (Å²) in [7, 11) is 0. The van der Waals surface area contributed by atoms with Gasteiger partial charge in [-0.3, -0.25) is 4.79 Å². The molecule has 1 aliphatic heterocycles. The Kier molecular flexibility index (Phi) is 5.60. The molecule has 0 aromatic rings. The third kappa shape index (κ3) is 4.59. The number of ether oxygens (including phenoxy) is 1. The van der Waals surface area contributed by atoms with Crippen LogP contribution in [0.5, 0.6) is 0 Å². The van der Waals surface area contributed by atoms with E-state index in [1.165, 1.54) is 0 Å². The van der Waals surface area contributed by atoms with Crippen molar-refractivity contribution in [3.05, 3.63) is 0 Å². The summed E-state index contributed by atoms with van der Waals surface area (Å²) in [6.07, 6.45) is 1.16. The third-order valence-corrected chi connectivity index (χ3v) is 2.51. The Labute approximate surface area is 90.2 Å². The molecule has 88 valence electrons. The van der Waals surface area contributed by atoms with Crippen LogP contribution in [0.1, 0.15) is 19.8 Å². The molecule has 5 heteroatoms. The fourth-order valence-corrected chi connectivity index (χ4v) is 1.54. The van der Waals surface area contributed by atoms with Crippen molar-refractivity contribution >= 4 is 5.91 Å². The van der Waals surface area contributed by atoms with Crippen LogP contribution in [0.25, 0.3) is 0 Å². The Balaban J connectivity index is 2.21. The molecule has 1 heterocycles. The number of carbonyl (C=O) groups is 1. The van der Waals surface area contributed by atoms with Crippen molar-refractivity contribution in [2.24, 2.45) is 0 Å². The lowest BCUT2D eigenvalue weighted by molar-refractivity contribution is -0.123. The Morgan fingerprint density at radius 2 is 2.53 bits per heavy atom. The summed E-state index contributed by atoms with van der Waals surface area (Å²) in [5.74, 6) is -0.0288. The molecule has 1 rings (SSSR count). The average Bonchev–Trinajstić information content (AvgIpc) is 2.27. The van der Waals surface area contributed by atoms with E-state index in [1.54, 1.807) is 0 Å². The Hall–Kier alpha value is -0.650. The van der Waals surface area contributed by atoms with Gasteiger partial charge in [-0.05, 0) is 6.42 Å². The van der Waals surface area contributed by atoms with Gasteiger partial charge in [-0.15, -0.1) is 0 Å². The maximum Gasteiger partial charge on any atom is 0.221 e. The predicted octanol–water partition coefficient (Wildman–Crippen LogP) is -0.748. The lowest BCUT2D eigenvalue weighted by atomic mass is 10.1. The lowest BCUT2D eigenvalue weighted by Gasteiger charge is -2.24. The summed E-state index contributed by atoms with van der Waals surface area (Å²) in [6, 6.07) is -0.0167. The van der Waals surface area contributed by atoms with Gasteiger partial charge in [0.25, 0.3) is 0 Å². The second-order valence-electron chi connectivity index (χ2n) is 3.79. The van der Waals surface area contributed by atoms with Crippen LogP contribution < -0.4 is 10.6 Å². The van der Waals surface area contributed by atoms with E-state index < -0.39 is 0 Å². The zero-order valence-corrected chi connectivity index (χ0v) is 9.16. The minimum absolute atomic E-state index is 0.00314. The maximum atomic E-state index is 11.5. The average molecular weight is 216 g/mol. The molecule has 5 nitrogen and oxygen atoms in total. The number of rotatable bonds is 5. The smallest absolute Gasteiger partial charge is 0.221 e. The van der Waals surface area contributed by atoms with Crippen LogP contribution in [0.15, 0.2) is 0 Å². The third-order valence-electron chi connectivity index (χ3n) is 2.51. The lowest BCUT2D eigenvalue weighted by Crippen LogP contribution is -2.46. The van der Waals surface area contributed by atoms with Crippen molar-refractivity contribution in [1.82, 2.24) is 10.6 Å². The van der Waals surface area contributed by atoms with E-state index in [4.69, 9.17) is 9.84 Å². The topological polar surface area (TPSA) is 70.6 Å². The van der Waals surface area contributed by atoms with Gasteiger partial charge < -0.3 is 20.5 Å². The molecule has 1 saturated heterocycles. The molecule has 1 fully saturated rings. The summed E-state index contributed by atoms with van der Waals surface area (Å²) in [5.41, 5.74) is 0. The Bertz CT molecular complexity index is 189. The summed E-state index contributed by atoms with van der Waals surface area (Å²) in [6.45, 7) is 4.03. The van der Waals surface area contributed by atoms with Crippen molar-refractivity contribution in [1.29, 1.82) is 0 Å². The first-order valence-corrected chi connectivity index (χ1v) is 5.47. The molecular weight excluding hydrogens is 196 g/mol. The Morgan fingerprint density at radius 3 is 3.07 bits per heavy atom. The first-order chi connectivity index (χ1) is 7.26. The van der Waals surface area contributed by atoms with Crippen LogP contribution in [0, 0.1) is 0 Å². The molecule has 0 aliphatic carbocycles. The van der Waals surface area contributed by atoms with E-state index in [0.29, 0.717) is 19.6 Å². The molecule has 3 N–H and O–H groups in total. The van der Waals surface area contributed by atoms with Gasteiger partial charge in [0.05, 0.1) is 25.9 Å². The molecule has 2 atom stereocenters. The van der Waals surface area contributed by atoms with Gasteiger partial charge in [-0.1, -0.05) is 6.92 Å². The zero-order valence-electron chi connectivity index (χ0n) is 9.16. The summed E-state index contributed by atoms with van der Waals surface area (Å²) >= 11 is 0. The highest BCUT2D eigenvalue weighted by molar-refractivity contribution is 5.76. The molecule has 0 spiro atoms. The van der Waals surface area contributed by atoms with Crippen LogP contribution in [0.4, 0.5) is 0 Å². The van der Waals surface area contributed by atoms with Gasteiger partial charge in [0, 0.05) is 19.0 Å². The number of carbonyl (C=O) groups excluding carboxylic acids is 1. The molecule has 0 radical (unpaired) electrons. The predicted molar refractivity (Wildman–Crippen MR) is 56.5 cm³/mol. The fraction of sp³-hybridized carbons (Fsp3) is 0.900. The number of nitrogens with one attached hydrogen (secondary N) is 2. The molecule has 15 heavy (non-hydrogen) atoms. The molecule has 1 unspecified atom stereocenters. The van der Waals surface area contributed by atoms with Crippen LogP contribution in [-0.2, 0) is 9.53 Å². The maximum absolute atomic E-state index is 11.5. The first-order valence-electron chi connectivity index (χ1n) is 5.47. The summed E-state index contributed by atoms with van der Waals surface area (Å²) in [4.78, 5) is 11.5. The molecular formula is C10H20N2O3. The van der Waals surface area contributed by atoms with E-state index >= 15 is 0 Å². The molecule has 0 saturated carbocycles. The quantitative estimate of drug-likeness (QED) is 0.565. The van der Waals surface area contributed by atoms with Crippen molar-refractivity contribution in [3.8, 4) is 0 Å². The van der Waals surface area contributed by atoms with Crippen LogP contribution >= 0.6 is 0 Å². The number of aliphatic hydroxyl groups is 1. The monoisotopic (exact) mass is 216 g/mol. The number of hydrogen-bond acceptors (Lipinski definition) is 4. The normalized spacial score (nSPS) is 23.5. The van der Waals surface area contributed by atoms with Crippen LogP contribution in [-0.4, -0.2) is 49.5 Å². The zero-order chi connectivity index (χ0) is 11.1. The molecule has 1 aliphatic rings. The second-order valence-corrected chi connectivity index (χ2v) is 3.79. The van der Waals surface area contributed by atoms with E-state index in [2.05, 4.69) is 10.6 Å². The van der Waals surface area contributed by atoms with Gasteiger partial charge in [0.1, 0.15) is 0 Å². The highest BCUT2D eigenvalue weighted by Crippen LogP contribution is 1.99. The highest BCUT2D eigenvalue weighted by Gasteiger charge is 2.18. The van der Waals surface area contributed by atoms with E-state index in [9.17, 15) is 4.79 Å². The molecule has 0 aromatic heterocycles. The number of hydrogen-bond donors (Lipinski definition) is 3. The van der Waals surface area contributed by atoms with E-state index in [1.807, 2.05) is 6.92 Å². The first kappa shape index (κ1) is 12.4. The fourth-order valence-electron chi connectivity index (χ4n) is 1.54. The van der Waals surface area contributed by atoms with Gasteiger partial charge in [0.15, 0.2) is 0 Å².